The first-order valence-corrected chi connectivity index (χ1v) is 7.13. The Hall–Kier alpha value is -1.57. The van der Waals surface area contributed by atoms with E-state index in [9.17, 15) is 4.79 Å². The van der Waals surface area contributed by atoms with Gasteiger partial charge in [-0.15, -0.1) is 0 Å². The minimum atomic E-state index is 0.286. The Morgan fingerprint density at radius 1 is 1.21 bits per heavy atom. The highest BCUT2D eigenvalue weighted by Crippen LogP contribution is 2.37. The maximum atomic E-state index is 11.3. The Kier molecular flexibility index (Phi) is 3.41. The average Bonchev–Trinajstić information content (AvgIpc) is 2.47. The van der Waals surface area contributed by atoms with Crippen LogP contribution in [0.2, 0.25) is 0 Å². The molecule has 0 unspecified atom stereocenters. The van der Waals surface area contributed by atoms with Crippen LogP contribution in [0.1, 0.15) is 30.4 Å². The molecule has 0 aliphatic heterocycles. The molecule has 0 radical (unpaired) electrons. The zero-order chi connectivity index (χ0) is 13.2. The van der Waals surface area contributed by atoms with Crippen LogP contribution in [0.15, 0.2) is 30.4 Å². The smallest absolute Gasteiger partial charge is 0.155 e. The van der Waals surface area contributed by atoms with Gasteiger partial charge in [0.2, 0.25) is 0 Å². The molecule has 0 aromatic heterocycles. The van der Waals surface area contributed by atoms with Crippen LogP contribution in [0.25, 0.3) is 0 Å². The van der Waals surface area contributed by atoms with Crippen molar-refractivity contribution in [1.82, 2.24) is 0 Å². The third-order valence-corrected chi connectivity index (χ3v) is 4.56. The Morgan fingerprint density at radius 3 is 2.84 bits per heavy atom. The molecular formula is C17H20O2. The zero-order valence-corrected chi connectivity index (χ0v) is 11.4. The molecule has 0 heterocycles. The molecule has 0 spiro atoms. The molecule has 0 fully saturated rings. The molecule has 19 heavy (non-hydrogen) atoms. The van der Waals surface area contributed by atoms with Crippen molar-refractivity contribution in [3.63, 3.8) is 0 Å². The number of ether oxygens (including phenoxy) is 1. The fourth-order valence-corrected chi connectivity index (χ4v) is 3.47. The van der Waals surface area contributed by atoms with Gasteiger partial charge in [0.25, 0.3) is 0 Å². The molecule has 2 aliphatic carbocycles. The molecule has 2 heteroatoms. The summed E-state index contributed by atoms with van der Waals surface area (Å²) in [6.45, 7) is 0. The van der Waals surface area contributed by atoms with Crippen LogP contribution >= 0.6 is 0 Å². The summed E-state index contributed by atoms with van der Waals surface area (Å²) >= 11 is 0. The highest BCUT2D eigenvalue weighted by Gasteiger charge is 2.27. The van der Waals surface area contributed by atoms with E-state index in [-0.39, 0.29) is 5.78 Å². The molecule has 100 valence electrons. The third kappa shape index (κ3) is 2.44. The topological polar surface area (TPSA) is 26.3 Å². The van der Waals surface area contributed by atoms with Crippen molar-refractivity contribution in [2.75, 3.05) is 7.11 Å². The van der Waals surface area contributed by atoms with Gasteiger partial charge in [-0.3, -0.25) is 4.79 Å². The number of rotatable bonds is 2. The van der Waals surface area contributed by atoms with E-state index < -0.39 is 0 Å². The van der Waals surface area contributed by atoms with Gasteiger partial charge < -0.3 is 4.74 Å². The maximum Gasteiger partial charge on any atom is 0.155 e. The first-order valence-electron chi connectivity index (χ1n) is 7.13. The first kappa shape index (κ1) is 12.5. The van der Waals surface area contributed by atoms with Gasteiger partial charge in [-0.25, -0.2) is 0 Å². The van der Waals surface area contributed by atoms with Gasteiger partial charge in [0, 0.05) is 6.42 Å². The second-order valence-electron chi connectivity index (χ2n) is 5.63. The number of hydrogen-bond acceptors (Lipinski definition) is 2. The fraction of sp³-hybridized carbons (Fsp3) is 0.471. The second kappa shape index (κ2) is 5.20. The second-order valence-corrected chi connectivity index (χ2v) is 5.63. The van der Waals surface area contributed by atoms with Crippen LogP contribution < -0.4 is 4.74 Å². The quantitative estimate of drug-likeness (QED) is 0.811. The predicted octanol–water partition coefficient (Wildman–Crippen LogP) is 3.34. The summed E-state index contributed by atoms with van der Waals surface area (Å²) in [5.41, 5.74) is 2.82. The SMILES string of the molecule is COc1cccc2c1CC[C@H]([C@@H]1C=CC(=O)CC1)C2. The van der Waals surface area contributed by atoms with E-state index in [2.05, 4.69) is 24.3 Å². The van der Waals surface area contributed by atoms with Crippen LogP contribution in [0.5, 0.6) is 5.75 Å². The summed E-state index contributed by atoms with van der Waals surface area (Å²) in [4.78, 5) is 11.3. The number of benzene rings is 1. The van der Waals surface area contributed by atoms with Crippen molar-refractivity contribution in [1.29, 1.82) is 0 Å². The van der Waals surface area contributed by atoms with E-state index in [0.717, 1.165) is 31.4 Å². The van der Waals surface area contributed by atoms with E-state index in [0.29, 0.717) is 11.8 Å². The van der Waals surface area contributed by atoms with Gasteiger partial charge in [-0.2, -0.15) is 0 Å². The summed E-state index contributed by atoms with van der Waals surface area (Å²) in [5.74, 6) is 2.58. The molecule has 0 bridgehead atoms. The van der Waals surface area contributed by atoms with Crippen LogP contribution in [0, 0.1) is 11.8 Å². The Morgan fingerprint density at radius 2 is 2.11 bits per heavy atom. The summed E-state index contributed by atoms with van der Waals surface area (Å²) < 4.78 is 5.45. The van der Waals surface area contributed by atoms with Gasteiger partial charge in [0.1, 0.15) is 5.75 Å². The lowest BCUT2D eigenvalue weighted by molar-refractivity contribution is -0.115. The van der Waals surface area contributed by atoms with Crippen molar-refractivity contribution in [2.24, 2.45) is 11.8 Å². The third-order valence-electron chi connectivity index (χ3n) is 4.56. The Bertz CT molecular complexity index is 516. The number of carbonyl (C=O) groups excluding carboxylic acids is 1. The Balaban J connectivity index is 1.79. The normalized spacial score (nSPS) is 26.1. The number of hydrogen-bond donors (Lipinski definition) is 0. The monoisotopic (exact) mass is 256 g/mol. The minimum Gasteiger partial charge on any atom is -0.496 e. The first-order chi connectivity index (χ1) is 9.28. The number of carbonyl (C=O) groups is 1. The molecule has 0 amide bonds. The molecule has 1 aromatic rings. The number of methoxy groups -OCH3 is 1. The fourth-order valence-electron chi connectivity index (χ4n) is 3.47. The molecule has 0 saturated carbocycles. The van der Waals surface area contributed by atoms with Gasteiger partial charge in [0.05, 0.1) is 7.11 Å². The van der Waals surface area contributed by atoms with E-state index in [1.807, 2.05) is 0 Å². The summed E-state index contributed by atoms with van der Waals surface area (Å²) in [6.07, 6.45) is 9.10. The van der Waals surface area contributed by atoms with Crippen LogP contribution in [-0.4, -0.2) is 12.9 Å². The molecule has 3 rings (SSSR count). The number of ketones is 1. The molecule has 2 atom stereocenters. The Labute approximate surface area is 114 Å². The summed E-state index contributed by atoms with van der Waals surface area (Å²) in [6, 6.07) is 6.36. The lowest BCUT2D eigenvalue weighted by atomic mass is 9.74. The van der Waals surface area contributed by atoms with Crippen LogP contribution in [0.4, 0.5) is 0 Å². The molecular weight excluding hydrogens is 236 g/mol. The van der Waals surface area contributed by atoms with Gasteiger partial charge in [-0.1, -0.05) is 18.2 Å². The molecule has 2 aliphatic rings. The van der Waals surface area contributed by atoms with E-state index in [1.54, 1.807) is 13.2 Å². The average molecular weight is 256 g/mol. The maximum absolute atomic E-state index is 11.3. The van der Waals surface area contributed by atoms with Gasteiger partial charge >= 0.3 is 0 Å². The van der Waals surface area contributed by atoms with Crippen molar-refractivity contribution in [2.45, 2.75) is 32.1 Å². The molecule has 2 nitrogen and oxygen atoms in total. The highest BCUT2D eigenvalue weighted by atomic mass is 16.5. The largest absolute Gasteiger partial charge is 0.496 e. The van der Waals surface area contributed by atoms with E-state index >= 15 is 0 Å². The van der Waals surface area contributed by atoms with Crippen LogP contribution in [0.3, 0.4) is 0 Å². The summed E-state index contributed by atoms with van der Waals surface area (Å²) in [5, 5.41) is 0. The molecule has 0 saturated heterocycles. The molecule has 0 N–H and O–H groups in total. The number of allylic oxidation sites excluding steroid dienone is 2. The van der Waals surface area contributed by atoms with Crippen molar-refractivity contribution in [3.05, 3.63) is 41.5 Å². The molecule has 1 aromatic carbocycles. The minimum absolute atomic E-state index is 0.286. The van der Waals surface area contributed by atoms with Crippen molar-refractivity contribution >= 4 is 5.78 Å². The highest BCUT2D eigenvalue weighted by molar-refractivity contribution is 5.90. The lowest BCUT2D eigenvalue weighted by Gasteiger charge is -2.31. The van der Waals surface area contributed by atoms with Crippen LogP contribution in [-0.2, 0) is 17.6 Å². The van der Waals surface area contributed by atoms with Gasteiger partial charge in [0.15, 0.2) is 5.78 Å². The van der Waals surface area contributed by atoms with E-state index in [1.165, 1.54) is 17.5 Å². The number of fused-ring (bicyclic) bond motifs is 1. The summed E-state index contributed by atoms with van der Waals surface area (Å²) in [7, 11) is 1.75. The van der Waals surface area contributed by atoms with Crippen molar-refractivity contribution in [3.8, 4) is 5.75 Å². The van der Waals surface area contributed by atoms with Crippen molar-refractivity contribution < 1.29 is 9.53 Å². The predicted molar refractivity (Wildman–Crippen MR) is 75.4 cm³/mol. The zero-order valence-electron chi connectivity index (χ0n) is 11.4. The van der Waals surface area contributed by atoms with E-state index in [4.69, 9.17) is 4.74 Å². The standard InChI is InChI=1S/C17H20O2/c1-19-17-4-2-3-14-11-13(7-10-16(14)17)12-5-8-15(18)9-6-12/h2-5,8,12-13H,6-7,9-11H2,1H3/t12-,13+/m1/s1. The lowest BCUT2D eigenvalue weighted by Crippen LogP contribution is -2.24. The van der Waals surface area contributed by atoms with Gasteiger partial charge in [-0.05, 0) is 60.8 Å².